The fourth-order valence-electron chi connectivity index (χ4n) is 2.16. The molecule has 0 aromatic rings. The Hall–Kier alpha value is -0.310. The molecule has 1 amide bonds. The second kappa shape index (κ2) is 8.21. The van der Waals surface area contributed by atoms with Crippen LogP contribution >= 0.6 is 11.8 Å². The zero-order valence-electron chi connectivity index (χ0n) is 12.2. The summed E-state index contributed by atoms with van der Waals surface area (Å²) >= 11 is 1.68. The summed E-state index contributed by atoms with van der Waals surface area (Å²) < 4.78 is 25.7. The Kier molecular flexibility index (Phi) is 7.28. The maximum Gasteiger partial charge on any atom is 0.239 e. The van der Waals surface area contributed by atoms with E-state index in [4.69, 9.17) is 5.73 Å². The monoisotopic (exact) mass is 323 g/mol. The van der Waals surface area contributed by atoms with Gasteiger partial charge in [-0.05, 0) is 38.2 Å². The topological polar surface area (TPSA) is 92.5 Å². The van der Waals surface area contributed by atoms with Crippen LogP contribution in [0.2, 0.25) is 0 Å². The summed E-state index contributed by atoms with van der Waals surface area (Å²) in [5.41, 5.74) is 5.88. The van der Waals surface area contributed by atoms with Crippen LogP contribution in [0.1, 0.15) is 26.2 Å². The quantitative estimate of drug-likeness (QED) is 0.688. The summed E-state index contributed by atoms with van der Waals surface area (Å²) in [5.74, 6) is 0.946. The van der Waals surface area contributed by atoms with Crippen molar-refractivity contribution in [2.45, 2.75) is 38.3 Å². The number of carbonyl (C=O) groups excluding carboxylic acids is 1. The fraction of sp³-hybridized carbons (Fsp3) is 0.917. The molecule has 0 bridgehead atoms. The lowest BCUT2D eigenvalue weighted by Crippen LogP contribution is -2.51. The summed E-state index contributed by atoms with van der Waals surface area (Å²) in [6.45, 7) is 2.76. The number of nitrogens with zero attached hydrogens (tertiary/aromatic N) is 1. The Morgan fingerprint density at radius 1 is 1.45 bits per heavy atom. The van der Waals surface area contributed by atoms with Crippen LogP contribution in [0, 0.1) is 0 Å². The first-order valence-electron chi connectivity index (χ1n) is 6.93. The standard InChI is InChI=1S/C12H25N3O3S2/c1-3-20(17,18)14-10-4-7-15(8-5-10)12(16)11(13)6-9-19-2/h10-11,14H,3-9,13H2,1-2H3/t11-/m0/s1. The van der Waals surface area contributed by atoms with Gasteiger partial charge in [0.2, 0.25) is 15.9 Å². The molecule has 1 rings (SSSR count). The average molecular weight is 323 g/mol. The van der Waals surface area contributed by atoms with E-state index in [0.29, 0.717) is 32.4 Å². The molecule has 6 nitrogen and oxygen atoms in total. The second-order valence-corrected chi connectivity index (χ2v) is 8.04. The number of nitrogens with two attached hydrogens (primary N) is 1. The Labute approximate surface area is 125 Å². The minimum atomic E-state index is -3.17. The van der Waals surface area contributed by atoms with Crippen LogP contribution in [0.15, 0.2) is 0 Å². The van der Waals surface area contributed by atoms with Gasteiger partial charge in [0.1, 0.15) is 0 Å². The molecule has 0 saturated carbocycles. The Balaban J connectivity index is 2.40. The van der Waals surface area contributed by atoms with Gasteiger partial charge in [-0.3, -0.25) is 4.79 Å². The van der Waals surface area contributed by atoms with Crippen molar-refractivity contribution in [2.75, 3.05) is 30.9 Å². The molecular weight excluding hydrogens is 298 g/mol. The van der Waals surface area contributed by atoms with Crippen molar-refractivity contribution in [2.24, 2.45) is 5.73 Å². The van der Waals surface area contributed by atoms with E-state index < -0.39 is 16.1 Å². The maximum absolute atomic E-state index is 12.1. The van der Waals surface area contributed by atoms with Gasteiger partial charge in [-0.15, -0.1) is 0 Å². The normalized spacial score (nSPS) is 19.1. The summed E-state index contributed by atoms with van der Waals surface area (Å²) in [4.78, 5) is 13.9. The third-order valence-corrected chi connectivity index (χ3v) is 5.58. The van der Waals surface area contributed by atoms with Crippen LogP contribution in [0.4, 0.5) is 0 Å². The number of piperidine rings is 1. The van der Waals surface area contributed by atoms with Gasteiger partial charge in [-0.1, -0.05) is 0 Å². The molecular formula is C12H25N3O3S2. The number of hydrogen-bond donors (Lipinski definition) is 2. The van der Waals surface area contributed by atoms with Gasteiger partial charge in [0, 0.05) is 19.1 Å². The highest BCUT2D eigenvalue weighted by Gasteiger charge is 2.27. The molecule has 8 heteroatoms. The molecule has 1 heterocycles. The lowest BCUT2D eigenvalue weighted by Gasteiger charge is -2.33. The molecule has 1 fully saturated rings. The number of hydrogen-bond acceptors (Lipinski definition) is 5. The van der Waals surface area contributed by atoms with Crippen molar-refractivity contribution in [3.8, 4) is 0 Å². The molecule has 1 aliphatic rings. The largest absolute Gasteiger partial charge is 0.341 e. The molecule has 3 N–H and O–H groups in total. The van der Waals surface area contributed by atoms with Gasteiger partial charge in [0.05, 0.1) is 11.8 Å². The van der Waals surface area contributed by atoms with E-state index in [-0.39, 0.29) is 17.7 Å². The number of carbonyl (C=O) groups is 1. The molecule has 1 saturated heterocycles. The number of thioether (sulfide) groups is 1. The highest BCUT2D eigenvalue weighted by atomic mass is 32.2. The lowest BCUT2D eigenvalue weighted by molar-refractivity contribution is -0.133. The molecule has 118 valence electrons. The zero-order valence-corrected chi connectivity index (χ0v) is 13.8. The van der Waals surface area contributed by atoms with Crippen molar-refractivity contribution >= 4 is 27.7 Å². The second-order valence-electron chi connectivity index (χ2n) is 5.01. The van der Waals surface area contributed by atoms with E-state index in [9.17, 15) is 13.2 Å². The van der Waals surface area contributed by atoms with Crippen LogP contribution < -0.4 is 10.5 Å². The van der Waals surface area contributed by atoms with Crippen LogP contribution in [0.25, 0.3) is 0 Å². The van der Waals surface area contributed by atoms with E-state index >= 15 is 0 Å². The van der Waals surface area contributed by atoms with Gasteiger partial charge < -0.3 is 10.6 Å². The highest BCUT2D eigenvalue weighted by molar-refractivity contribution is 7.98. The van der Waals surface area contributed by atoms with E-state index in [1.807, 2.05) is 6.26 Å². The predicted octanol–water partition coefficient (Wildman–Crippen LogP) is -0.00290. The minimum absolute atomic E-state index is 0.0177. The van der Waals surface area contributed by atoms with Crippen LogP contribution in [0.5, 0.6) is 0 Å². The van der Waals surface area contributed by atoms with Crippen LogP contribution in [-0.2, 0) is 14.8 Å². The van der Waals surface area contributed by atoms with Gasteiger partial charge in [0.25, 0.3) is 0 Å². The van der Waals surface area contributed by atoms with Crippen molar-refractivity contribution in [3.63, 3.8) is 0 Å². The van der Waals surface area contributed by atoms with Crippen molar-refractivity contribution in [3.05, 3.63) is 0 Å². The first-order chi connectivity index (χ1) is 9.39. The molecule has 0 radical (unpaired) electrons. The molecule has 0 unspecified atom stereocenters. The van der Waals surface area contributed by atoms with E-state index in [1.165, 1.54) is 0 Å². The molecule has 1 atom stereocenters. The molecule has 0 spiro atoms. The van der Waals surface area contributed by atoms with Crippen molar-refractivity contribution in [1.29, 1.82) is 0 Å². The zero-order chi connectivity index (χ0) is 15.2. The van der Waals surface area contributed by atoms with Gasteiger partial charge in [-0.25, -0.2) is 13.1 Å². The molecule has 0 aliphatic carbocycles. The summed E-state index contributed by atoms with van der Waals surface area (Å²) in [5, 5.41) is 0. The van der Waals surface area contributed by atoms with Gasteiger partial charge in [-0.2, -0.15) is 11.8 Å². The number of sulfonamides is 1. The van der Waals surface area contributed by atoms with E-state index in [0.717, 1.165) is 5.75 Å². The van der Waals surface area contributed by atoms with E-state index in [2.05, 4.69) is 4.72 Å². The number of rotatable bonds is 7. The number of likely N-dealkylation sites (tertiary alicyclic amines) is 1. The first kappa shape index (κ1) is 17.7. The molecule has 0 aromatic heterocycles. The average Bonchev–Trinajstić information content (AvgIpc) is 2.44. The SMILES string of the molecule is CCS(=O)(=O)NC1CCN(C(=O)[C@@H](N)CCSC)CC1. The Bertz CT molecular complexity index is 406. The molecule has 20 heavy (non-hydrogen) atoms. The number of nitrogens with one attached hydrogen (secondary N) is 1. The maximum atomic E-state index is 12.1. The third kappa shape index (κ3) is 5.59. The Morgan fingerprint density at radius 2 is 2.05 bits per heavy atom. The molecule has 0 aromatic carbocycles. The predicted molar refractivity (Wildman–Crippen MR) is 83.2 cm³/mol. The van der Waals surface area contributed by atoms with Crippen LogP contribution in [0.3, 0.4) is 0 Å². The van der Waals surface area contributed by atoms with Crippen LogP contribution in [-0.4, -0.2) is 62.2 Å². The van der Waals surface area contributed by atoms with E-state index in [1.54, 1.807) is 23.6 Å². The van der Waals surface area contributed by atoms with Gasteiger partial charge in [0.15, 0.2) is 0 Å². The van der Waals surface area contributed by atoms with Crippen molar-refractivity contribution in [1.82, 2.24) is 9.62 Å². The summed E-state index contributed by atoms with van der Waals surface area (Å²) in [6, 6.07) is -0.502. The third-order valence-electron chi connectivity index (χ3n) is 3.48. The summed E-state index contributed by atoms with van der Waals surface area (Å²) in [7, 11) is -3.17. The highest BCUT2D eigenvalue weighted by Crippen LogP contribution is 2.13. The smallest absolute Gasteiger partial charge is 0.239 e. The minimum Gasteiger partial charge on any atom is -0.341 e. The number of amides is 1. The van der Waals surface area contributed by atoms with Crippen molar-refractivity contribution < 1.29 is 13.2 Å². The Morgan fingerprint density at radius 3 is 2.55 bits per heavy atom. The fourth-order valence-corrected chi connectivity index (χ4v) is 3.56. The summed E-state index contributed by atoms with van der Waals surface area (Å²) in [6.07, 6.45) is 3.98. The first-order valence-corrected chi connectivity index (χ1v) is 9.97. The van der Waals surface area contributed by atoms with Gasteiger partial charge >= 0.3 is 0 Å². The molecule has 1 aliphatic heterocycles. The lowest BCUT2D eigenvalue weighted by atomic mass is 10.0.